The molecule has 1 saturated heterocycles. The second-order valence-electron chi connectivity index (χ2n) is 8.66. The van der Waals surface area contributed by atoms with E-state index in [-0.39, 0.29) is 42.1 Å². The number of nitrogens with zero attached hydrogens (tertiary/aromatic N) is 1. The minimum atomic E-state index is -0.893. The summed E-state index contributed by atoms with van der Waals surface area (Å²) in [5, 5.41) is 2.74. The molecule has 3 fully saturated rings. The van der Waals surface area contributed by atoms with Crippen LogP contribution in [0.2, 0.25) is 0 Å². The van der Waals surface area contributed by atoms with Crippen molar-refractivity contribution in [1.29, 1.82) is 0 Å². The molecule has 0 spiro atoms. The van der Waals surface area contributed by atoms with E-state index in [9.17, 15) is 19.2 Å². The van der Waals surface area contributed by atoms with Crippen molar-refractivity contribution in [3.63, 3.8) is 0 Å². The van der Waals surface area contributed by atoms with Crippen molar-refractivity contribution in [3.8, 4) is 0 Å². The van der Waals surface area contributed by atoms with E-state index < -0.39 is 17.9 Å². The van der Waals surface area contributed by atoms with Gasteiger partial charge in [-0.05, 0) is 68.2 Å². The molecule has 7 atom stereocenters. The van der Waals surface area contributed by atoms with Gasteiger partial charge in [0, 0.05) is 5.69 Å². The van der Waals surface area contributed by atoms with Crippen molar-refractivity contribution in [2.24, 2.45) is 35.5 Å². The van der Waals surface area contributed by atoms with Gasteiger partial charge in [0.2, 0.25) is 17.7 Å². The molecule has 1 aliphatic heterocycles. The Balaban J connectivity index is 1.29. The lowest BCUT2D eigenvalue weighted by atomic mass is 9.63. The first-order chi connectivity index (χ1) is 14.4. The number of amides is 3. The number of rotatable bonds is 5. The monoisotopic (exact) mass is 408 g/mol. The molecule has 2 bridgehead atoms. The van der Waals surface area contributed by atoms with Crippen LogP contribution in [-0.4, -0.2) is 41.2 Å². The summed E-state index contributed by atoms with van der Waals surface area (Å²) in [6, 6.07) is 5.43. The lowest BCUT2D eigenvalue weighted by Crippen LogP contribution is -2.46. The average Bonchev–Trinajstić information content (AvgIpc) is 3.52. The van der Waals surface area contributed by atoms with Crippen LogP contribution in [0.25, 0.3) is 0 Å². The molecule has 6 rings (SSSR count). The van der Waals surface area contributed by atoms with Gasteiger partial charge in [-0.1, -0.05) is 12.2 Å². The van der Waals surface area contributed by atoms with Crippen molar-refractivity contribution in [2.45, 2.75) is 26.3 Å². The van der Waals surface area contributed by atoms with Gasteiger partial charge in [-0.3, -0.25) is 19.3 Å². The third-order valence-electron chi connectivity index (χ3n) is 7.13. The van der Waals surface area contributed by atoms with E-state index in [2.05, 4.69) is 17.5 Å². The molecule has 30 heavy (non-hydrogen) atoms. The quantitative estimate of drug-likeness (QED) is 0.458. The zero-order chi connectivity index (χ0) is 21.2. The van der Waals surface area contributed by atoms with Crippen LogP contribution < -0.4 is 5.32 Å². The molecule has 0 radical (unpaired) electrons. The van der Waals surface area contributed by atoms with Gasteiger partial charge in [-0.15, -0.1) is 0 Å². The minimum Gasteiger partial charge on any atom is -0.462 e. The number of hydrogen-bond donors (Lipinski definition) is 1. The minimum absolute atomic E-state index is 0.136. The maximum Gasteiger partial charge on any atom is 0.338 e. The fourth-order valence-electron chi connectivity index (χ4n) is 5.63. The first-order valence-corrected chi connectivity index (χ1v) is 10.6. The molecule has 0 aromatic heterocycles. The highest BCUT2D eigenvalue weighted by Crippen LogP contribution is 2.65. The van der Waals surface area contributed by atoms with Gasteiger partial charge in [0.1, 0.15) is 6.04 Å². The van der Waals surface area contributed by atoms with Crippen molar-refractivity contribution in [3.05, 3.63) is 42.0 Å². The third kappa shape index (κ3) is 2.71. The smallest absolute Gasteiger partial charge is 0.338 e. The zero-order valence-electron chi connectivity index (χ0n) is 16.9. The number of allylic oxidation sites excluding steroid dienone is 2. The van der Waals surface area contributed by atoms with Crippen molar-refractivity contribution in [1.82, 2.24) is 4.90 Å². The molecule has 3 amide bonds. The van der Waals surface area contributed by atoms with E-state index >= 15 is 0 Å². The van der Waals surface area contributed by atoms with Crippen LogP contribution in [0.3, 0.4) is 0 Å². The van der Waals surface area contributed by atoms with Gasteiger partial charge in [0.15, 0.2) is 0 Å². The molecule has 1 aromatic carbocycles. The van der Waals surface area contributed by atoms with Gasteiger partial charge >= 0.3 is 5.97 Å². The number of imide groups is 1. The molecule has 4 aliphatic carbocycles. The lowest BCUT2D eigenvalue weighted by molar-refractivity contribution is -0.146. The molecule has 1 N–H and O–H groups in total. The number of nitrogens with one attached hydrogen (secondary N) is 1. The second-order valence-corrected chi connectivity index (χ2v) is 8.66. The molecule has 5 aliphatic rings. The summed E-state index contributed by atoms with van der Waals surface area (Å²) < 4.78 is 4.94. The normalized spacial score (nSPS) is 33.7. The van der Waals surface area contributed by atoms with Gasteiger partial charge < -0.3 is 10.1 Å². The molecule has 7 nitrogen and oxygen atoms in total. The largest absolute Gasteiger partial charge is 0.462 e. The lowest BCUT2D eigenvalue weighted by Gasteiger charge is -2.37. The number of carbonyl (C=O) groups is 4. The van der Waals surface area contributed by atoms with Crippen LogP contribution in [0.5, 0.6) is 0 Å². The number of hydrogen-bond acceptors (Lipinski definition) is 5. The van der Waals surface area contributed by atoms with Crippen molar-refractivity contribution >= 4 is 29.4 Å². The first-order valence-electron chi connectivity index (χ1n) is 10.6. The summed E-state index contributed by atoms with van der Waals surface area (Å²) in [7, 11) is 0. The topological polar surface area (TPSA) is 92.8 Å². The van der Waals surface area contributed by atoms with Crippen LogP contribution >= 0.6 is 0 Å². The maximum absolute atomic E-state index is 13.1. The highest BCUT2D eigenvalue weighted by molar-refractivity contribution is 6.10. The predicted molar refractivity (Wildman–Crippen MR) is 107 cm³/mol. The highest BCUT2D eigenvalue weighted by Gasteiger charge is 2.67. The molecule has 0 unspecified atom stereocenters. The molecular weight excluding hydrogens is 384 g/mol. The Bertz CT molecular complexity index is 932. The fourth-order valence-corrected chi connectivity index (χ4v) is 5.63. The maximum atomic E-state index is 13.1. The predicted octanol–water partition coefficient (Wildman–Crippen LogP) is 2.24. The number of benzene rings is 1. The van der Waals surface area contributed by atoms with E-state index in [0.717, 1.165) is 6.42 Å². The first kappa shape index (κ1) is 19.0. The summed E-state index contributed by atoms with van der Waals surface area (Å²) in [4.78, 5) is 52.0. The Kier molecular flexibility index (Phi) is 4.31. The number of ether oxygens (including phenoxy) is 1. The Morgan fingerprint density at radius 2 is 1.63 bits per heavy atom. The van der Waals surface area contributed by atoms with E-state index in [0.29, 0.717) is 23.1 Å². The summed E-state index contributed by atoms with van der Waals surface area (Å²) in [6.45, 7) is 3.61. The van der Waals surface area contributed by atoms with Crippen molar-refractivity contribution in [2.75, 3.05) is 11.9 Å². The Morgan fingerprint density at radius 1 is 1.07 bits per heavy atom. The Hall–Kier alpha value is -2.96. The van der Waals surface area contributed by atoms with Crippen LogP contribution in [-0.2, 0) is 19.1 Å². The van der Waals surface area contributed by atoms with E-state index in [1.807, 2.05) is 0 Å². The molecule has 1 heterocycles. The number of esters is 1. The third-order valence-corrected chi connectivity index (χ3v) is 7.13. The van der Waals surface area contributed by atoms with Crippen LogP contribution in [0.1, 0.15) is 30.6 Å². The van der Waals surface area contributed by atoms with Crippen LogP contribution in [0.15, 0.2) is 36.4 Å². The summed E-state index contributed by atoms with van der Waals surface area (Å²) in [6.07, 6.45) is 5.34. The highest BCUT2D eigenvalue weighted by atomic mass is 16.5. The summed E-state index contributed by atoms with van der Waals surface area (Å²) in [5.41, 5.74) is 0.873. The van der Waals surface area contributed by atoms with E-state index in [1.165, 1.54) is 4.90 Å². The molecule has 1 aromatic rings. The van der Waals surface area contributed by atoms with Crippen molar-refractivity contribution < 1.29 is 23.9 Å². The summed E-state index contributed by atoms with van der Waals surface area (Å²) >= 11 is 0. The van der Waals surface area contributed by atoms with Crippen LogP contribution in [0.4, 0.5) is 5.69 Å². The van der Waals surface area contributed by atoms with Gasteiger partial charge in [-0.2, -0.15) is 0 Å². The van der Waals surface area contributed by atoms with Gasteiger partial charge in [0.25, 0.3) is 0 Å². The molecule has 7 heteroatoms. The van der Waals surface area contributed by atoms with E-state index in [4.69, 9.17) is 4.74 Å². The number of anilines is 1. The number of likely N-dealkylation sites (tertiary alicyclic amines) is 1. The van der Waals surface area contributed by atoms with Gasteiger partial charge in [0.05, 0.1) is 24.0 Å². The van der Waals surface area contributed by atoms with Crippen LogP contribution in [0, 0.1) is 35.5 Å². The van der Waals surface area contributed by atoms with E-state index in [1.54, 1.807) is 38.1 Å². The SMILES string of the molecule is CCOC(=O)c1ccc(NC(=O)[C@H](C)N2C(=O)[C@@H]3[C@H]4C=C[C@@H]([C@@H]5C[C@@H]45)[C@@H]3C2=O)cc1. The average molecular weight is 408 g/mol. The molecule has 2 saturated carbocycles. The molecular formula is C23H24N2O5. The zero-order valence-corrected chi connectivity index (χ0v) is 16.9. The summed E-state index contributed by atoms with van der Waals surface area (Å²) in [5.74, 6) is -0.574. The fraction of sp³-hybridized carbons (Fsp3) is 0.478. The van der Waals surface area contributed by atoms with Gasteiger partial charge in [-0.25, -0.2) is 4.79 Å². The Morgan fingerprint density at radius 3 is 2.17 bits per heavy atom. The number of carbonyl (C=O) groups excluding carboxylic acids is 4. The molecule has 156 valence electrons. The Labute approximate surface area is 174 Å². The second kappa shape index (κ2) is 6.79. The standard InChI is InChI=1S/C23H24N2O5/c1-3-30-23(29)12-4-6-13(7-5-12)24-20(26)11(2)25-21(27)18-14-8-9-15(17-10-16(14)17)19(18)22(25)28/h4-9,11,14-19H,3,10H2,1-2H3,(H,24,26)/t11-,14-,15-,16-,17-,18-,19+/m0/s1.